The summed E-state index contributed by atoms with van der Waals surface area (Å²) >= 11 is 6.31. The highest BCUT2D eigenvalue weighted by molar-refractivity contribution is 6.40. The molecular formula is C23H30ClN4+. The Balaban J connectivity index is 1.62. The van der Waals surface area contributed by atoms with Crippen LogP contribution in [0, 0.1) is 5.92 Å². The van der Waals surface area contributed by atoms with E-state index < -0.39 is 0 Å². The smallest absolute Gasteiger partial charge is 0.227 e. The number of aryl methyl sites for hydroxylation is 1. The molecule has 2 fully saturated rings. The Morgan fingerprint density at radius 2 is 2.07 bits per heavy atom. The first-order valence-electron chi connectivity index (χ1n) is 10.7. The van der Waals surface area contributed by atoms with E-state index in [-0.39, 0.29) is 0 Å². The van der Waals surface area contributed by atoms with Gasteiger partial charge in [-0.1, -0.05) is 11.6 Å². The van der Waals surface area contributed by atoms with Gasteiger partial charge < -0.3 is 4.90 Å². The van der Waals surface area contributed by atoms with Gasteiger partial charge in [-0.15, -0.1) is 0 Å². The van der Waals surface area contributed by atoms with Gasteiger partial charge in [-0.05, 0) is 68.5 Å². The molecule has 4 aliphatic rings. The maximum absolute atomic E-state index is 6.31. The van der Waals surface area contributed by atoms with Crippen LogP contribution in [-0.4, -0.2) is 65.2 Å². The third kappa shape index (κ3) is 3.21. The third-order valence-electron chi connectivity index (χ3n) is 7.12. The summed E-state index contributed by atoms with van der Waals surface area (Å²) in [6.45, 7) is 6.84. The number of hydrogen-bond acceptors (Lipinski definition) is 3. The number of piperazine rings is 1. The van der Waals surface area contributed by atoms with Crippen LogP contribution in [0.25, 0.3) is 0 Å². The molecule has 0 aliphatic carbocycles. The standard InChI is InChI=1S/C23H30ClN4/c1-16-5-6-17-7-8-18-14-19(24)9-10-21(18)25-23(22(17)26(16)2)28-13-12-27-11-3-4-20(27)15-28/h5,9-10,14,17,20H,3-4,6-8,11-13,15H2,1-2H3/q+1. The molecule has 1 aromatic carbocycles. The van der Waals surface area contributed by atoms with Crippen molar-refractivity contribution in [1.82, 2.24) is 9.80 Å². The Kier molecular flexibility index (Phi) is 4.80. The Morgan fingerprint density at radius 1 is 1.18 bits per heavy atom. The van der Waals surface area contributed by atoms with Crippen molar-refractivity contribution >= 4 is 28.8 Å². The largest absolute Gasteiger partial charge is 0.349 e. The SMILES string of the molecule is CC1=CCC2CCc3cc(Cl)ccc3N=C(N3CCN4CCCC4C3)C2=[N+]1C. The van der Waals surface area contributed by atoms with Crippen molar-refractivity contribution in [1.29, 1.82) is 0 Å². The van der Waals surface area contributed by atoms with Crippen molar-refractivity contribution < 1.29 is 4.58 Å². The van der Waals surface area contributed by atoms with Crippen LogP contribution in [0.5, 0.6) is 0 Å². The van der Waals surface area contributed by atoms with Gasteiger partial charge in [0.05, 0.1) is 11.6 Å². The van der Waals surface area contributed by atoms with Crippen molar-refractivity contribution in [2.75, 3.05) is 33.2 Å². The number of fused-ring (bicyclic) bond motifs is 3. The zero-order chi connectivity index (χ0) is 19.3. The molecule has 0 saturated carbocycles. The fraction of sp³-hybridized carbons (Fsp3) is 0.565. The molecule has 2 saturated heterocycles. The highest BCUT2D eigenvalue weighted by Gasteiger charge is 2.39. The number of halogens is 1. The summed E-state index contributed by atoms with van der Waals surface area (Å²) in [5.41, 5.74) is 5.15. The molecule has 0 aromatic heterocycles. The molecule has 0 N–H and O–H groups in total. The van der Waals surface area contributed by atoms with E-state index in [1.54, 1.807) is 0 Å². The predicted molar refractivity (Wildman–Crippen MR) is 116 cm³/mol. The van der Waals surface area contributed by atoms with E-state index in [1.165, 1.54) is 42.2 Å². The summed E-state index contributed by atoms with van der Waals surface area (Å²) in [6, 6.07) is 6.90. The monoisotopic (exact) mass is 397 g/mol. The van der Waals surface area contributed by atoms with E-state index in [9.17, 15) is 0 Å². The average Bonchev–Trinajstić information content (AvgIpc) is 3.15. The second-order valence-electron chi connectivity index (χ2n) is 8.75. The van der Waals surface area contributed by atoms with Crippen molar-refractivity contribution in [2.24, 2.45) is 10.9 Å². The van der Waals surface area contributed by atoms with Gasteiger partial charge >= 0.3 is 0 Å². The van der Waals surface area contributed by atoms with E-state index in [0.29, 0.717) is 12.0 Å². The lowest BCUT2D eigenvalue weighted by atomic mass is 9.86. The summed E-state index contributed by atoms with van der Waals surface area (Å²) < 4.78 is 2.40. The normalized spacial score (nSPS) is 28.0. The minimum Gasteiger partial charge on any atom is -0.349 e. The molecule has 4 nitrogen and oxygen atoms in total. The number of rotatable bonds is 0. The Hall–Kier alpha value is -1.65. The first-order chi connectivity index (χ1) is 13.6. The summed E-state index contributed by atoms with van der Waals surface area (Å²) in [6.07, 6.45) is 8.36. The van der Waals surface area contributed by atoms with E-state index in [1.807, 2.05) is 6.07 Å². The van der Waals surface area contributed by atoms with Crippen LogP contribution in [-0.2, 0) is 6.42 Å². The molecule has 0 amide bonds. The Bertz CT molecular complexity index is 885. The van der Waals surface area contributed by atoms with Gasteiger partial charge in [-0.25, -0.2) is 4.99 Å². The lowest BCUT2D eigenvalue weighted by Crippen LogP contribution is -2.55. The zero-order valence-electron chi connectivity index (χ0n) is 17.0. The molecule has 2 atom stereocenters. The summed E-state index contributed by atoms with van der Waals surface area (Å²) in [7, 11) is 2.22. The van der Waals surface area contributed by atoms with Gasteiger partial charge in [0, 0.05) is 37.6 Å². The second kappa shape index (κ2) is 7.31. The fourth-order valence-electron chi connectivity index (χ4n) is 5.39. The molecule has 4 aliphatic heterocycles. The van der Waals surface area contributed by atoms with E-state index in [0.717, 1.165) is 49.6 Å². The number of hydrogen-bond donors (Lipinski definition) is 0. The summed E-state index contributed by atoms with van der Waals surface area (Å²) in [5.74, 6) is 1.73. The molecule has 28 heavy (non-hydrogen) atoms. The van der Waals surface area contributed by atoms with Gasteiger partial charge in [-0.3, -0.25) is 4.90 Å². The predicted octanol–water partition coefficient (Wildman–Crippen LogP) is 4.10. The van der Waals surface area contributed by atoms with Crippen molar-refractivity contribution in [2.45, 2.75) is 45.1 Å². The highest BCUT2D eigenvalue weighted by atomic mass is 35.5. The van der Waals surface area contributed by atoms with Gasteiger partial charge in [0.2, 0.25) is 5.71 Å². The lowest BCUT2D eigenvalue weighted by molar-refractivity contribution is -0.446. The summed E-state index contributed by atoms with van der Waals surface area (Å²) in [5, 5.41) is 0.816. The van der Waals surface area contributed by atoms with E-state index >= 15 is 0 Å². The topological polar surface area (TPSA) is 21.9 Å². The minimum absolute atomic E-state index is 0.529. The van der Waals surface area contributed by atoms with Crippen LogP contribution in [0.2, 0.25) is 5.02 Å². The van der Waals surface area contributed by atoms with E-state index in [4.69, 9.17) is 16.6 Å². The molecule has 5 rings (SSSR count). The number of amidine groups is 1. The number of benzene rings is 1. The second-order valence-corrected chi connectivity index (χ2v) is 9.18. The quantitative estimate of drug-likeness (QED) is 0.615. The van der Waals surface area contributed by atoms with E-state index in [2.05, 4.69) is 46.6 Å². The lowest BCUT2D eigenvalue weighted by Gasteiger charge is -2.40. The van der Waals surface area contributed by atoms with Crippen LogP contribution >= 0.6 is 11.6 Å². The molecule has 5 heteroatoms. The van der Waals surface area contributed by atoms with Gasteiger partial charge in [0.25, 0.3) is 0 Å². The fourth-order valence-corrected chi connectivity index (χ4v) is 5.59. The Labute approximate surface area is 173 Å². The van der Waals surface area contributed by atoms with Crippen LogP contribution in [0.1, 0.15) is 38.2 Å². The van der Waals surface area contributed by atoms with Crippen molar-refractivity contribution in [3.63, 3.8) is 0 Å². The number of allylic oxidation sites excluding steroid dienone is 2. The maximum atomic E-state index is 6.31. The zero-order valence-corrected chi connectivity index (χ0v) is 17.8. The minimum atomic E-state index is 0.529. The van der Waals surface area contributed by atoms with Crippen molar-refractivity contribution in [3.8, 4) is 0 Å². The molecule has 0 bridgehead atoms. The first-order valence-corrected chi connectivity index (χ1v) is 11.1. The number of nitrogens with zero attached hydrogens (tertiary/aromatic N) is 4. The van der Waals surface area contributed by atoms with Crippen LogP contribution in [0.3, 0.4) is 0 Å². The molecule has 4 heterocycles. The average molecular weight is 398 g/mol. The molecule has 0 radical (unpaired) electrons. The Morgan fingerprint density at radius 3 is 2.96 bits per heavy atom. The molecule has 0 spiro atoms. The number of aliphatic imine (C=N–C) groups is 1. The van der Waals surface area contributed by atoms with Gasteiger partial charge in [0.15, 0.2) is 11.5 Å². The van der Waals surface area contributed by atoms with Crippen LogP contribution < -0.4 is 0 Å². The highest BCUT2D eigenvalue weighted by Crippen LogP contribution is 2.33. The summed E-state index contributed by atoms with van der Waals surface area (Å²) in [4.78, 5) is 10.6. The molecule has 1 aromatic rings. The third-order valence-corrected chi connectivity index (χ3v) is 7.36. The van der Waals surface area contributed by atoms with Crippen LogP contribution in [0.15, 0.2) is 35.0 Å². The van der Waals surface area contributed by atoms with Crippen LogP contribution in [0.4, 0.5) is 5.69 Å². The maximum Gasteiger partial charge on any atom is 0.227 e. The molecule has 2 unspecified atom stereocenters. The molecule has 148 valence electrons. The molecular weight excluding hydrogens is 368 g/mol. The van der Waals surface area contributed by atoms with Crippen molar-refractivity contribution in [3.05, 3.63) is 40.6 Å². The van der Waals surface area contributed by atoms with Gasteiger partial charge in [0.1, 0.15) is 7.05 Å². The first kappa shape index (κ1) is 18.4. The van der Waals surface area contributed by atoms with Gasteiger partial charge in [-0.2, -0.15) is 4.58 Å².